The van der Waals surface area contributed by atoms with Crippen LogP contribution in [-0.2, 0) is 21.6 Å². The molecule has 0 fully saturated rings. The molecule has 3 rings (SSSR count). The van der Waals surface area contributed by atoms with Gasteiger partial charge < -0.3 is 14.8 Å². The zero-order chi connectivity index (χ0) is 15.7. The predicted octanol–water partition coefficient (Wildman–Crippen LogP) is 3.19. The number of aromatic nitrogens is 1. The smallest absolute Gasteiger partial charge is 0.306 e. The maximum Gasteiger partial charge on any atom is 0.306 e. The zero-order valence-corrected chi connectivity index (χ0v) is 12.8. The number of nitrogens with one attached hydrogen (secondary N) is 1. The molecule has 0 saturated heterocycles. The van der Waals surface area contributed by atoms with Crippen LogP contribution in [0, 0.1) is 11.8 Å². The SMILES string of the molecule is CC#Cc1cccc2c3c([nH]c12)C(CC)(CC(=O)O)OCC3. The summed E-state index contributed by atoms with van der Waals surface area (Å²) in [5.74, 6) is 5.19. The number of hydrogen-bond donors (Lipinski definition) is 2. The Balaban J connectivity index is 2.26. The van der Waals surface area contributed by atoms with Gasteiger partial charge in [-0.25, -0.2) is 0 Å². The number of fused-ring (bicyclic) bond motifs is 3. The first kappa shape index (κ1) is 14.7. The maximum atomic E-state index is 11.3. The molecule has 0 amide bonds. The molecule has 0 bridgehead atoms. The van der Waals surface area contributed by atoms with Gasteiger partial charge in [0.2, 0.25) is 0 Å². The van der Waals surface area contributed by atoms with E-state index < -0.39 is 11.6 Å². The number of aliphatic carboxylic acids is 1. The van der Waals surface area contributed by atoms with E-state index in [1.807, 2.05) is 26.0 Å². The van der Waals surface area contributed by atoms with Crippen LogP contribution in [0.3, 0.4) is 0 Å². The number of benzene rings is 1. The summed E-state index contributed by atoms with van der Waals surface area (Å²) >= 11 is 0. The van der Waals surface area contributed by atoms with Crippen LogP contribution in [-0.4, -0.2) is 22.7 Å². The third kappa shape index (κ3) is 2.18. The Kier molecular flexibility index (Phi) is 3.67. The van der Waals surface area contributed by atoms with E-state index in [4.69, 9.17) is 4.74 Å². The van der Waals surface area contributed by atoms with Crippen molar-refractivity contribution in [3.05, 3.63) is 35.0 Å². The molecule has 0 saturated carbocycles. The van der Waals surface area contributed by atoms with E-state index >= 15 is 0 Å². The highest BCUT2D eigenvalue weighted by atomic mass is 16.5. The largest absolute Gasteiger partial charge is 0.481 e. The van der Waals surface area contributed by atoms with Gasteiger partial charge in [-0.05, 0) is 31.4 Å². The fourth-order valence-electron chi connectivity index (χ4n) is 3.37. The van der Waals surface area contributed by atoms with Crippen molar-refractivity contribution in [3.8, 4) is 11.8 Å². The molecule has 2 aromatic rings. The number of rotatable bonds is 3. The molecule has 4 nitrogen and oxygen atoms in total. The molecule has 2 heterocycles. The van der Waals surface area contributed by atoms with Gasteiger partial charge in [0.1, 0.15) is 5.60 Å². The van der Waals surface area contributed by atoms with E-state index in [2.05, 4.69) is 22.9 Å². The number of carboxylic acid groups (broad SMARTS) is 1. The number of carbonyl (C=O) groups is 1. The Bertz CT molecular complexity index is 794. The molecule has 1 aliphatic rings. The molecular formula is C18H19NO3. The molecular weight excluding hydrogens is 278 g/mol. The van der Waals surface area contributed by atoms with Crippen LogP contribution < -0.4 is 0 Å². The minimum absolute atomic E-state index is 0.0297. The van der Waals surface area contributed by atoms with E-state index in [9.17, 15) is 9.90 Å². The molecule has 2 N–H and O–H groups in total. The van der Waals surface area contributed by atoms with Crippen molar-refractivity contribution < 1.29 is 14.6 Å². The average molecular weight is 297 g/mol. The summed E-state index contributed by atoms with van der Waals surface area (Å²) in [7, 11) is 0. The van der Waals surface area contributed by atoms with Crippen LogP contribution >= 0.6 is 0 Å². The van der Waals surface area contributed by atoms with Gasteiger partial charge in [0, 0.05) is 10.9 Å². The Morgan fingerprint density at radius 3 is 3.00 bits per heavy atom. The normalized spacial score (nSPS) is 20.3. The van der Waals surface area contributed by atoms with Crippen molar-refractivity contribution in [1.82, 2.24) is 4.98 Å². The van der Waals surface area contributed by atoms with Crippen molar-refractivity contribution in [2.24, 2.45) is 0 Å². The molecule has 0 aliphatic carbocycles. The first-order chi connectivity index (χ1) is 10.6. The standard InChI is InChI=1S/C18H19NO3/c1-3-6-12-7-5-8-13-14-9-10-22-18(4-2,11-15(20)21)17(14)19-16(12)13/h5,7-8,19H,4,9-11H2,1-2H3,(H,20,21). The van der Waals surface area contributed by atoms with Gasteiger partial charge in [-0.3, -0.25) is 4.79 Å². The van der Waals surface area contributed by atoms with Crippen molar-refractivity contribution in [2.45, 2.75) is 38.7 Å². The molecule has 1 unspecified atom stereocenters. The number of hydrogen-bond acceptors (Lipinski definition) is 2. The lowest BCUT2D eigenvalue weighted by Crippen LogP contribution is -2.37. The first-order valence-electron chi connectivity index (χ1n) is 7.54. The Morgan fingerprint density at radius 1 is 1.50 bits per heavy atom. The van der Waals surface area contributed by atoms with Gasteiger partial charge >= 0.3 is 5.97 Å². The average Bonchev–Trinajstić information content (AvgIpc) is 2.88. The molecule has 0 radical (unpaired) electrons. The van der Waals surface area contributed by atoms with Gasteiger partial charge in [-0.1, -0.05) is 25.0 Å². The summed E-state index contributed by atoms with van der Waals surface area (Å²) in [6.45, 7) is 4.33. The fourth-order valence-corrected chi connectivity index (χ4v) is 3.37. The van der Waals surface area contributed by atoms with Crippen LogP contribution in [0.5, 0.6) is 0 Å². The molecule has 1 aromatic heterocycles. The molecule has 1 aliphatic heterocycles. The minimum atomic E-state index is -0.845. The van der Waals surface area contributed by atoms with Crippen LogP contribution in [0.2, 0.25) is 0 Å². The van der Waals surface area contributed by atoms with Gasteiger partial charge in [0.15, 0.2) is 0 Å². The summed E-state index contributed by atoms with van der Waals surface area (Å²) in [4.78, 5) is 14.7. The highest BCUT2D eigenvalue weighted by molar-refractivity contribution is 5.90. The van der Waals surface area contributed by atoms with Gasteiger partial charge in [-0.2, -0.15) is 0 Å². The van der Waals surface area contributed by atoms with E-state index in [1.54, 1.807) is 0 Å². The van der Waals surface area contributed by atoms with Crippen LogP contribution in [0.15, 0.2) is 18.2 Å². The third-order valence-electron chi connectivity index (χ3n) is 4.39. The second-order valence-corrected chi connectivity index (χ2v) is 5.60. The van der Waals surface area contributed by atoms with E-state index in [0.29, 0.717) is 13.0 Å². The number of aromatic amines is 1. The monoisotopic (exact) mass is 297 g/mol. The lowest BCUT2D eigenvalue weighted by molar-refractivity contribution is -0.148. The predicted molar refractivity (Wildman–Crippen MR) is 84.7 cm³/mol. The molecule has 22 heavy (non-hydrogen) atoms. The third-order valence-corrected chi connectivity index (χ3v) is 4.39. The lowest BCUT2D eigenvalue weighted by atomic mass is 9.86. The molecule has 1 aromatic carbocycles. The highest BCUT2D eigenvalue weighted by Gasteiger charge is 2.40. The molecule has 0 spiro atoms. The van der Waals surface area contributed by atoms with Crippen LogP contribution in [0.25, 0.3) is 10.9 Å². The number of ether oxygens (including phenoxy) is 1. The zero-order valence-electron chi connectivity index (χ0n) is 12.8. The Morgan fingerprint density at radius 2 is 2.32 bits per heavy atom. The summed E-state index contributed by atoms with van der Waals surface area (Å²) in [6, 6.07) is 6.04. The van der Waals surface area contributed by atoms with E-state index in [1.165, 1.54) is 5.56 Å². The lowest BCUT2D eigenvalue weighted by Gasteiger charge is -2.35. The van der Waals surface area contributed by atoms with Crippen molar-refractivity contribution >= 4 is 16.9 Å². The van der Waals surface area contributed by atoms with Gasteiger partial charge in [-0.15, -0.1) is 5.92 Å². The molecule has 114 valence electrons. The minimum Gasteiger partial charge on any atom is -0.481 e. The Hall–Kier alpha value is -2.25. The maximum absolute atomic E-state index is 11.3. The summed E-state index contributed by atoms with van der Waals surface area (Å²) < 4.78 is 5.93. The molecule has 1 atom stereocenters. The fraction of sp³-hybridized carbons (Fsp3) is 0.389. The van der Waals surface area contributed by atoms with Crippen LogP contribution in [0.1, 0.15) is 43.5 Å². The topological polar surface area (TPSA) is 62.3 Å². The van der Waals surface area contributed by atoms with Gasteiger partial charge in [0.25, 0.3) is 0 Å². The van der Waals surface area contributed by atoms with E-state index in [-0.39, 0.29) is 6.42 Å². The van der Waals surface area contributed by atoms with Crippen molar-refractivity contribution in [3.63, 3.8) is 0 Å². The number of carboxylic acids is 1. The molecule has 4 heteroatoms. The van der Waals surface area contributed by atoms with Crippen molar-refractivity contribution in [1.29, 1.82) is 0 Å². The van der Waals surface area contributed by atoms with Crippen molar-refractivity contribution in [2.75, 3.05) is 6.61 Å². The summed E-state index contributed by atoms with van der Waals surface area (Å²) in [5, 5.41) is 10.4. The summed E-state index contributed by atoms with van der Waals surface area (Å²) in [5.41, 5.74) is 3.23. The first-order valence-corrected chi connectivity index (χ1v) is 7.54. The van der Waals surface area contributed by atoms with E-state index in [0.717, 1.165) is 28.6 Å². The van der Waals surface area contributed by atoms with Gasteiger partial charge in [0.05, 0.1) is 24.2 Å². The van der Waals surface area contributed by atoms with Crippen LogP contribution in [0.4, 0.5) is 0 Å². The number of para-hydroxylation sites is 1. The second-order valence-electron chi connectivity index (χ2n) is 5.60. The number of H-pyrrole nitrogens is 1. The quantitative estimate of drug-likeness (QED) is 0.855. The second kappa shape index (κ2) is 5.51. The Labute approximate surface area is 129 Å². The highest BCUT2D eigenvalue weighted by Crippen LogP contribution is 2.41. The summed E-state index contributed by atoms with van der Waals surface area (Å²) in [6.07, 6.45) is 1.38.